The maximum atomic E-state index is 3.54. The van der Waals surface area contributed by atoms with Gasteiger partial charge in [-0.3, -0.25) is 0 Å². The standard InChI is InChI=1S/C9H19N/c1-7(2)6-9-8(3)4-5-10-9/h7-10H,4-6H2,1-3H3/t8-,9+/m0/s1. The summed E-state index contributed by atoms with van der Waals surface area (Å²) >= 11 is 0. The van der Waals surface area contributed by atoms with Gasteiger partial charge in [-0.15, -0.1) is 0 Å². The Morgan fingerprint density at radius 2 is 2.20 bits per heavy atom. The maximum Gasteiger partial charge on any atom is 0.00956 e. The lowest BCUT2D eigenvalue weighted by molar-refractivity contribution is 0.396. The summed E-state index contributed by atoms with van der Waals surface area (Å²) in [6, 6.07) is 0.806. The van der Waals surface area contributed by atoms with Crippen LogP contribution in [0.15, 0.2) is 0 Å². The topological polar surface area (TPSA) is 12.0 Å². The molecule has 0 saturated carbocycles. The third-order valence-corrected chi connectivity index (χ3v) is 2.42. The van der Waals surface area contributed by atoms with Crippen molar-refractivity contribution in [3.05, 3.63) is 0 Å². The molecule has 10 heavy (non-hydrogen) atoms. The molecular weight excluding hydrogens is 122 g/mol. The van der Waals surface area contributed by atoms with Gasteiger partial charge in [-0.25, -0.2) is 0 Å². The minimum Gasteiger partial charge on any atom is -0.314 e. The lowest BCUT2D eigenvalue weighted by Gasteiger charge is -2.17. The molecule has 60 valence electrons. The molecule has 1 aliphatic heterocycles. The van der Waals surface area contributed by atoms with Crippen LogP contribution in [0.5, 0.6) is 0 Å². The second kappa shape index (κ2) is 3.38. The fourth-order valence-corrected chi connectivity index (χ4v) is 1.72. The summed E-state index contributed by atoms with van der Waals surface area (Å²) in [6.45, 7) is 8.19. The molecule has 0 bridgehead atoms. The first-order chi connectivity index (χ1) is 4.70. The third-order valence-electron chi connectivity index (χ3n) is 2.42. The minimum absolute atomic E-state index is 0.806. The zero-order valence-electron chi connectivity index (χ0n) is 7.35. The van der Waals surface area contributed by atoms with Gasteiger partial charge in [0.1, 0.15) is 0 Å². The average Bonchev–Trinajstić information content (AvgIpc) is 2.15. The van der Waals surface area contributed by atoms with Crippen molar-refractivity contribution in [2.24, 2.45) is 11.8 Å². The molecule has 0 aromatic carbocycles. The Labute approximate surface area is 64.2 Å². The molecule has 0 unspecified atom stereocenters. The Hall–Kier alpha value is -0.0400. The first-order valence-electron chi connectivity index (χ1n) is 4.43. The van der Waals surface area contributed by atoms with Crippen LogP contribution in [0, 0.1) is 11.8 Å². The highest BCUT2D eigenvalue weighted by Crippen LogP contribution is 2.20. The van der Waals surface area contributed by atoms with Crippen molar-refractivity contribution in [2.75, 3.05) is 6.54 Å². The van der Waals surface area contributed by atoms with Crippen molar-refractivity contribution in [3.63, 3.8) is 0 Å². The van der Waals surface area contributed by atoms with E-state index in [0.29, 0.717) is 0 Å². The van der Waals surface area contributed by atoms with Crippen LogP contribution in [-0.4, -0.2) is 12.6 Å². The zero-order valence-corrected chi connectivity index (χ0v) is 7.35. The quantitative estimate of drug-likeness (QED) is 0.620. The largest absolute Gasteiger partial charge is 0.314 e. The van der Waals surface area contributed by atoms with E-state index in [-0.39, 0.29) is 0 Å². The first-order valence-corrected chi connectivity index (χ1v) is 4.43. The summed E-state index contributed by atoms with van der Waals surface area (Å²) in [6.07, 6.45) is 2.72. The van der Waals surface area contributed by atoms with E-state index >= 15 is 0 Å². The van der Waals surface area contributed by atoms with Crippen LogP contribution in [-0.2, 0) is 0 Å². The van der Waals surface area contributed by atoms with Crippen LogP contribution in [0.1, 0.15) is 33.6 Å². The van der Waals surface area contributed by atoms with Gasteiger partial charge in [-0.2, -0.15) is 0 Å². The second-order valence-electron chi connectivity index (χ2n) is 3.96. The smallest absolute Gasteiger partial charge is 0.00956 e. The van der Waals surface area contributed by atoms with E-state index in [9.17, 15) is 0 Å². The summed E-state index contributed by atoms with van der Waals surface area (Å²) in [4.78, 5) is 0. The van der Waals surface area contributed by atoms with Crippen LogP contribution in [0.2, 0.25) is 0 Å². The molecule has 0 amide bonds. The van der Waals surface area contributed by atoms with Gasteiger partial charge in [0.2, 0.25) is 0 Å². The van der Waals surface area contributed by atoms with Crippen LogP contribution >= 0.6 is 0 Å². The number of rotatable bonds is 2. The molecule has 1 heteroatoms. The van der Waals surface area contributed by atoms with E-state index in [4.69, 9.17) is 0 Å². The molecule has 1 nitrogen and oxygen atoms in total. The van der Waals surface area contributed by atoms with Crippen LogP contribution in [0.3, 0.4) is 0 Å². The molecule has 1 aliphatic rings. The Morgan fingerprint density at radius 1 is 1.50 bits per heavy atom. The Kier molecular flexibility index (Phi) is 2.72. The first kappa shape index (κ1) is 8.06. The monoisotopic (exact) mass is 141 g/mol. The van der Waals surface area contributed by atoms with Gasteiger partial charge in [0.15, 0.2) is 0 Å². The van der Waals surface area contributed by atoms with Crippen LogP contribution < -0.4 is 5.32 Å². The summed E-state index contributed by atoms with van der Waals surface area (Å²) in [5.74, 6) is 1.75. The van der Waals surface area contributed by atoms with Crippen LogP contribution in [0.4, 0.5) is 0 Å². The van der Waals surface area contributed by atoms with Gasteiger partial charge < -0.3 is 5.32 Å². The molecule has 1 saturated heterocycles. The van der Waals surface area contributed by atoms with Gasteiger partial charge >= 0.3 is 0 Å². The molecule has 0 spiro atoms. The molecule has 1 heterocycles. The minimum atomic E-state index is 0.806. The van der Waals surface area contributed by atoms with Gasteiger partial charge in [0.25, 0.3) is 0 Å². The van der Waals surface area contributed by atoms with Crippen molar-refractivity contribution >= 4 is 0 Å². The summed E-state index contributed by atoms with van der Waals surface area (Å²) in [5.41, 5.74) is 0. The molecule has 2 atom stereocenters. The zero-order chi connectivity index (χ0) is 7.56. The fourth-order valence-electron chi connectivity index (χ4n) is 1.72. The number of nitrogens with one attached hydrogen (secondary N) is 1. The van der Waals surface area contributed by atoms with Crippen molar-refractivity contribution in [1.82, 2.24) is 5.32 Å². The van der Waals surface area contributed by atoms with E-state index in [0.717, 1.165) is 17.9 Å². The van der Waals surface area contributed by atoms with Crippen molar-refractivity contribution in [1.29, 1.82) is 0 Å². The molecule has 1 fully saturated rings. The average molecular weight is 141 g/mol. The van der Waals surface area contributed by atoms with Gasteiger partial charge in [0.05, 0.1) is 0 Å². The molecule has 0 radical (unpaired) electrons. The van der Waals surface area contributed by atoms with Gasteiger partial charge in [-0.1, -0.05) is 20.8 Å². The van der Waals surface area contributed by atoms with Gasteiger partial charge in [-0.05, 0) is 31.2 Å². The van der Waals surface area contributed by atoms with Crippen molar-refractivity contribution < 1.29 is 0 Å². The molecule has 1 rings (SSSR count). The van der Waals surface area contributed by atoms with Crippen LogP contribution in [0.25, 0.3) is 0 Å². The lowest BCUT2D eigenvalue weighted by Crippen LogP contribution is -2.27. The molecule has 0 aromatic rings. The van der Waals surface area contributed by atoms with Crippen molar-refractivity contribution in [3.8, 4) is 0 Å². The predicted octanol–water partition coefficient (Wildman–Crippen LogP) is 2.03. The van der Waals surface area contributed by atoms with E-state index in [1.165, 1.54) is 19.4 Å². The highest BCUT2D eigenvalue weighted by Gasteiger charge is 2.22. The Balaban J connectivity index is 2.26. The van der Waals surface area contributed by atoms with E-state index < -0.39 is 0 Å². The van der Waals surface area contributed by atoms with Crippen molar-refractivity contribution in [2.45, 2.75) is 39.7 Å². The Morgan fingerprint density at radius 3 is 2.60 bits per heavy atom. The molecule has 0 aromatic heterocycles. The normalized spacial score (nSPS) is 33.6. The predicted molar refractivity (Wildman–Crippen MR) is 45.0 cm³/mol. The maximum absolute atomic E-state index is 3.54. The summed E-state index contributed by atoms with van der Waals surface area (Å²) in [7, 11) is 0. The highest BCUT2D eigenvalue weighted by atomic mass is 14.9. The fraction of sp³-hybridized carbons (Fsp3) is 1.00. The van der Waals surface area contributed by atoms with E-state index in [2.05, 4.69) is 26.1 Å². The highest BCUT2D eigenvalue weighted by molar-refractivity contribution is 4.81. The summed E-state index contributed by atoms with van der Waals surface area (Å²) < 4.78 is 0. The number of hydrogen-bond acceptors (Lipinski definition) is 1. The second-order valence-corrected chi connectivity index (χ2v) is 3.96. The Bertz CT molecular complexity index is 98.9. The summed E-state index contributed by atoms with van der Waals surface area (Å²) in [5, 5.41) is 3.54. The molecule has 1 N–H and O–H groups in total. The molecule has 0 aliphatic carbocycles. The van der Waals surface area contributed by atoms with E-state index in [1.54, 1.807) is 0 Å². The van der Waals surface area contributed by atoms with Gasteiger partial charge in [0, 0.05) is 6.04 Å². The lowest BCUT2D eigenvalue weighted by atomic mass is 9.95. The molecular formula is C9H19N. The number of hydrogen-bond donors (Lipinski definition) is 1. The third kappa shape index (κ3) is 1.98. The van der Waals surface area contributed by atoms with E-state index in [1.807, 2.05) is 0 Å². The SMILES string of the molecule is CC(C)C[C@H]1NCC[C@@H]1C.